The van der Waals surface area contributed by atoms with E-state index in [2.05, 4.69) is 54.9 Å². The molecule has 142 valence electrons. The monoisotopic (exact) mass is 357 g/mol. The van der Waals surface area contributed by atoms with E-state index in [-0.39, 0.29) is 0 Å². The summed E-state index contributed by atoms with van der Waals surface area (Å²) in [7, 11) is 6.14. The Morgan fingerprint density at radius 3 is 2.92 bits per heavy atom. The minimum atomic E-state index is 0.431. The van der Waals surface area contributed by atoms with Crippen molar-refractivity contribution in [2.45, 2.75) is 38.6 Å². The topological polar surface area (TPSA) is 62.1 Å². The third kappa shape index (κ3) is 4.52. The van der Waals surface area contributed by atoms with Crippen LogP contribution in [0.25, 0.3) is 0 Å². The number of aromatic nitrogens is 4. The molecule has 1 N–H and O–H groups in total. The van der Waals surface area contributed by atoms with Gasteiger partial charge in [0.15, 0.2) is 0 Å². The van der Waals surface area contributed by atoms with Crippen molar-refractivity contribution in [1.29, 1.82) is 0 Å². The standard InChI is InChI=1S/C19H31N7/c1-15-13-17(20-2)23-19(22-15)26-10-5-7-16(14-26)18-21-8-12-25(18)11-6-9-24(3)4/h8,12-13,16H,5-7,9-11,14H2,1-4H3,(H,20,22,23)/t16-/m1/s1. The average Bonchev–Trinajstić information content (AvgIpc) is 3.09. The molecule has 1 saturated heterocycles. The first kappa shape index (κ1) is 18.6. The smallest absolute Gasteiger partial charge is 0.227 e. The third-order valence-corrected chi connectivity index (χ3v) is 4.92. The van der Waals surface area contributed by atoms with Crippen LogP contribution in [0.15, 0.2) is 18.5 Å². The molecule has 7 nitrogen and oxygen atoms in total. The van der Waals surface area contributed by atoms with Crippen molar-refractivity contribution in [3.05, 3.63) is 30.0 Å². The second kappa shape index (κ2) is 8.49. The van der Waals surface area contributed by atoms with Gasteiger partial charge in [0.05, 0.1) is 0 Å². The van der Waals surface area contributed by atoms with Gasteiger partial charge in [-0.25, -0.2) is 9.97 Å². The summed E-state index contributed by atoms with van der Waals surface area (Å²) in [6, 6.07) is 1.97. The van der Waals surface area contributed by atoms with Crippen LogP contribution in [0.4, 0.5) is 11.8 Å². The molecule has 1 fully saturated rings. The quantitative estimate of drug-likeness (QED) is 0.821. The summed E-state index contributed by atoms with van der Waals surface area (Å²) in [6.45, 7) is 6.07. The Balaban J connectivity index is 1.71. The molecule has 7 heteroatoms. The molecule has 26 heavy (non-hydrogen) atoms. The van der Waals surface area contributed by atoms with Gasteiger partial charge in [0.2, 0.25) is 5.95 Å². The van der Waals surface area contributed by atoms with Crippen LogP contribution in [0.5, 0.6) is 0 Å². The highest BCUT2D eigenvalue weighted by atomic mass is 15.3. The number of piperidine rings is 1. The molecule has 0 amide bonds. The van der Waals surface area contributed by atoms with E-state index in [1.807, 2.05) is 26.2 Å². The molecule has 0 aliphatic carbocycles. The fourth-order valence-electron chi connectivity index (χ4n) is 3.62. The Morgan fingerprint density at radius 2 is 2.15 bits per heavy atom. The van der Waals surface area contributed by atoms with Crippen molar-refractivity contribution in [3.63, 3.8) is 0 Å². The lowest BCUT2D eigenvalue weighted by atomic mass is 9.97. The number of imidazole rings is 1. The first-order valence-corrected chi connectivity index (χ1v) is 9.51. The Hall–Kier alpha value is -2.15. The largest absolute Gasteiger partial charge is 0.373 e. The number of aryl methyl sites for hydroxylation is 2. The number of hydrogen-bond acceptors (Lipinski definition) is 6. The lowest BCUT2D eigenvalue weighted by molar-refractivity contribution is 0.380. The van der Waals surface area contributed by atoms with Crippen LogP contribution in [-0.4, -0.2) is 65.2 Å². The van der Waals surface area contributed by atoms with Gasteiger partial charge in [-0.3, -0.25) is 0 Å². The van der Waals surface area contributed by atoms with Gasteiger partial charge in [-0.1, -0.05) is 0 Å². The maximum absolute atomic E-state index is 4.69. The molecule has 0 bridgehead atoms. The Morgan fingerprint density at radius 1 is 1.31 bits per heavy atom. The molecule has 0 spiro atoms. The normalized spacial score (nSPS) is 17.7. The van der Waals surface area contributed by atoms with Crippen molar-refractivity contribution < 1.29 is 0 Å². The van der Waals surface area contributed by atoms with E-state index in [9.17, 15) is 0 Å². The number of nitrogens with one attached hydrogen (secondary N) is 1. The van der Waals surface area contributed by atoms with E-state index >= 15 is 0 Å². The van der Waals surface area contributed by atoms with E-state index < -0.39 is 0 Å². The van der Waals surface area contributed by atoms with E-state index in [1.165, 1.54) is 12.2 Å². The van der Waals surface area contributed by atoms with Crippen molar-refractivity contribution >= 4 is 11.8 Å². The van der Waals surface area contributed by atoms with Gasteiger partial charge in [0, 0.05) is 56.8 Å². The van der Waals surface area contributed by atoms with Crippen LogP contribution in [0.1, 0.15) is 36.7 Å². The molecule has 0 aromatic carbocycles. The van der Waals surface area contributed by atoms with Gasteiger partial charge in [-0.2, -0.15) is 4.98 Å². The predicted molar refractivity (Wildman–Crippen MR) is 106 cm³/mol. The molecule has 2 aromatic rings. The van der Waals surface area contributed by atoms with E-state index in [0.717, 1.165) is 56.5 Å². The van der Waals surface area contributed by atoms with Gasteiger partial charge in [-0.05, 0) is 46.8 Å². The van der Waals surface area contributed by atoms with Crippen LogP contribution in [0, 0.1) is 6.92 Å². The minimum Gasteiger partial charge on any atom is -0.373 e. The maximum atomic E-state index is 4.69. The SMILES string of the molecule is CNc1cc(C)nc(N2CCC[C@@H](c3nccn3CCCN(C)C)C2)n1. The fourth-order valence-corrected chi connectivity index (χ4v) is 3.62. The minimum absolute atomic E-state index is 0.431. The van der Waals surface area contributed by atoms with Crippen molar-refractivity contribution in [2.75, 3.05) is 51.0 Å². The van der Waals surface area contributed by atoms with Crippen LogP contribution >= 0.6 is 0 Å². The molecule has 0 unspecified atom stereocenters. The number of hydrogen-bond donors (Lipinski definition) is 1. The third-order valence-electron chi connectivity index (χ3n) is 4.92. The molecule has 1 atom stereocenters. The highest BCUT2D eigenvalue weighted by Gasteiger charge is 2.26. The van der Waals surface area contributed by atoms with E-state index in [0.29, 0.717) is 5.92 Å². The number of anilines is 2. The zero-order valence-corrected chi connectivity index (χ0v) is 16.4. The molecule has 1 aliphatic heterocycles. The van der Waals surface area contributed by atoms with Gasteiger partial charge in [0.25, 0.3) is 0 Å². The average molecular weight is 358 g/mol. The van der Waals surface area contributed by atoms with Crippen LogP contribution in [0.2, 0.25) is 0 Å². The van der Waals surface area contributed by atoms with Gasteiger partial charge in [0.1, 0.15) is 11.6 Å². The number of nitrogens with zero attached hydrogens (tertiary/aromatic N) is 6. The highest BCUT2D eigenvalue weighted by Crippen LogP contribution is 2.28. The Labute approximate surface area is 156 Å². The zero-order valence-electron chi connectivity index (χ0n) is 16.4. The summed E-state index contributed by atoms with van der Waals surface area (Å²) in [6.07, 6.45) is 7.51. The van der Waals surface area contributed by atoms with Crippen LogP contribution in [0.3, 0.4) is 0 Å². The van der Waals surface area contributed by atoms with E-state index in [4.69, 9.17) is 0 Å². The first-order chi connectivity index (χ1) is 12.6. The zero-order chi connectivity index (χ0) is 18.5. The van der Waals surface area contributed by atoms with Crippen molar-refractivity contribution in [1.82, 2.24) is 24.4 Å². The summed E-state index contributed by atoms with van der Waals surface area (Å²) >= 11 is 0. The molecular formula is C19H31N7. The molecule has 0 radical (unpaired) electrons. The molecule has 3 rings (SSSR count). The molecule has 2 aromatic heterocycles. The van der Waals surface area contributed by atoms with E-state index in [1.54, 1.807) is 0 Å². The Kier molecular flexibility index (Phi) is 6.08. The van der Waals surface area contributed by atoms with Gasteiger partial charge in [-0.15, -0.1) is 0 Å². The second-order valence-electron chi connectivity index (χ2n) is 7.37. The van der Waals surface area contributed by atoms with Crippen LogP contribution in [-0.2, 0) is 6.54 Å². The summed E-state index contributed by atoms with van der Waals surface area (Å²) in [5.74, 6) is 3.33. The Bertz CT molecular complexity index is 710. The molecule has 3 heterocycles. The highest BCUT2D eigenvalue weighted by molar-refractivity contribution is 5.43. The summed E-state index contributed by atoms with van der Waals surface area (Å²) in [5, 5.41) is 3.13. The fraction of sp³-hybridized carbons (Fsp3) is 0.632. The number of rotatable bonds is 7. The molecular weight excluding hydrogens is 326 g/mol. The predicted octanol–water partition coefficient (Wildman–Crippen LogP) is 2.36. The first-order valence-electron chi connectivity index (χ1n) is 9.51. The maximum Gasteiger partial charge on any atom is 0.227 e. The second-order valence-corrected chi connectivity index (χ2v) is 7.37. The van der Waals surface area contributed by atoms with Gasteiger partial charge < -0.3 is 19.7 Å². The molecule has 0 saturated carbocycles. The summed E-state index contributed by atoms with van der Waals surface area (Å²) < 4.78 is 2.33. The molecule has 1 aliphatic rings. The van der Waals surface area contributed by atoms with Crippen LogP contribution < -0.4 is 10.2 Å². The van der Waals surface area contributed by atoms with Gasteiger partial charge >= 0.3 is 0 Å². The lowest BCUT2D eigenvalue weighted by Crippen LogP contribution is -2.36. The summed E-state index contributed by atoms with van der Waals surface area (Å²) in [4.78, 5) is 18.5. The lowest BCUT2D eigenvalue weighted by Gasteiger charge is -2.33. The summed E-state index contributed by atoms with van der Waals surface area (Å²) in [5.41, 5.74) is 0.992. The van der Waals surface area contributed by atoms with Crippen molar-refractivity contribution in [3.8, 4) is 0 Å². The van der Waals surface area contributed by atoms with Crippen molar-refractivity contribution in [2.24, 2.45) is 0 Å².